The van der Waals surface area contributed by atoms with Gasteiger partial charge in [0.1, 0.15) is 0 Å². The number of aliphatic imine (C=N–C) groups is 1. The maximum absolute atomic E-state index is 12.1. The third kappa shape index (κ3) is 3.69. The molecule has 1 aliphatic heterocycles. The summed E-state index contributed by atoms with van der Waals surface area (Å²) >= 11 is 0. The Bertz CT molecular complexity index is 935. The normalized spacial score (nSPS) is 15.7. The van der Waals surface area contributed by atoms with Crippen LogP contribution in [0, 0.1) is 10.1 Å². The van der Waals surface area contributed by atoms with E-state index in [9.17, 15) is 14.9 Å². The minimum atomic E-state index is -0.577. The average Bonchev–Trinajstić information content (AvgIpc) is 2.95. The molecule has 1 aliphatic rings. The van der Waals surface area contributed by atoms with Crippen LogP contribution in [0.1, 0.15) is 37.5 Å². The summed E-state index contributed by atoms with van der Waals surface area (Å²) in [5.41, 5.74) is 2.53. The molecule has 0 N–H and O–H groups in total. The van der Waals surface area contributed by atoms with Crippen LogP contribution >= 0.6 is 0 Å². The smallest absolute Gasteiger partial charge is 0.363 e. The van der Waals surface area contributed by atoms with Crippen molar-refractivity contribution in [3.63, 3.8) is 0 Å². The molecule has 0 atom stereocenters. The van der Waals surface area contributed by atoms with Crippen LogP contribution in [-0.2, 0) is 14.9 Å². The van der Waals surface area contributed by atoms with Gasteiger partial charge in [0.2, 0.25) is 5.90 Å². The van der Waals surface area contributed by atoms with Gasteiger partial charge in [0, 0.05) is 17.7 Å². The van der Waals surface area contributed by atoms with Crippen LogP contribution in [-0.4, -0.2) is 16.8 Å². The van der Waals surface area contributed by atoms with Gasteiger partial charge in [0.05, 0.1) is 4.92 Å². The number of esters is 1. The molecule has 0 radical (unpaired) electrons. The van der Waals surface area contributed by atoms with Crippen LogP contribution < -0.4 is 0 Å². The number of carbonyl (C=O) groups is 1. The minimum absolute atomic E-state index is 0.0469. The minimum Gasteiger partial charge on any atom is -0.402 e. The monoisotopic (exact) mass is 350 g/mol. The highest BCUT2D eigenvalue weighted by Gasteiger charge is 2.25. The van der Waals surface area contributed by atoms with Crippen molar-refractivity contribution in [1.82, 2.24) is 0 Å². The summed E-state index contributed by atoms with van der Waals surface area (Å²) in [4.78, 5) is 26.6. The molecule has 132 valence electrons. The Balaban J connectivity index is 1.89. The molecule has 6 nitrogen and oxygen atoms in total. The molecule has 0 aliphatic carbocycles. The largest absolute Gasteiger partial charge is 0.402 e. The Morgan fingerprint density at radius 1 is 1.12 bits per heavy atom. The van der Waals surface area contributed by atoms with Gasteiger partial charge < -0.3 is 4.74 Å². The topological polar surface area (TPSA) is 81.8 Å². The average molecular weight is 350 g/mol. The fourth-order valence-electron chi connectivity index (χ4n) is 2.52. The molecule has 0 aromatic heterocycles. The summed E-state index contributed by atoms with van der Waals surface area (Å²) in [5, 5.41) is 10.9. The predicted molar refractivity (Wildman–Crippen MR) is 98.8 cm³/mol. The van der Waals surface area contributed by atoms with E-state index in [1.54, 1.807) is 12.1 Å². The van der Waals surface area contributed by atoms with Crippen molar-refractivity contribution in [2.24, 2.45) is 4.99 Å². The molecule has 3 rings (SSSR count). The van der Waals surface area contributed by atoms with E-state index in [2.05, 4.69) is 25.8 Å². The van der Waals surface area contributed by atoms with Gasteiger partial charge in [-0.3, -0.25) is 10.1 Å². The van der Waals surface area contributed by atoms with Gasteiger partial charge in [-0.25, -0.2) is 9.79 Å². The summed E-state index contributed by atoms with van der Waals surface area (Å²) in [6, 6.07) is 13.7. The van der Waals surface area contributed by atoms with Crippen LogP contribution in [0.15, 0.2) is 59.2 Å². The molecule has 2 aromatic rings. The van der Waals surface area contributed by atoms with Crippen molar-refractivity contribution in [3.8, 4) is 0 Å². The first-order chi connectivity index (χ1) is 12.2. The Morgan fingerprint density at radius 3 is 2.42 bits per heavy atom. The highest BCUT2D eigenvalue weighted by atomic mass is 16.6. The van der Waals surface area contributed by atoms with E-state index in [0.29, 0.717) is 5.56 Å². The number of rotatable bonds is 3. The number of cyclic esters (lactones) is 1. The number of nitrogens with zero attached hydrogens (tertiary/aromatic N) is 2. The van der Waals surface area contributed by atoms with Crippen LogP contribution in [0.2, 0.25) is 0 Å². The second-order valence-corrected chi connectivity index (χ2v) is 7.02. The standard InChI is InChI=1S/C20H18N2O4/c1-20(2,3)15-9-7-13(8-10-15)11-17-19(23)26-18(21-17)14-5-4-6-16(12-14)22(24)25/h4-12H,1-3H3/b17-11-. The van der Waals surface area contributed by atoms with Crippen molar-refractivity contribution < 1.29 is 14.5 Å². The number of nitro groups is 1. The van der Waals surface area contributed by atoms with E-state index in [1.165, 1.54) is 23.8 Å². The van der Waals surface area contributed by atoms with Crippen LogP contribution in [0.25, 0.3) is 6.08 Å². The fourth-order valence-corrected chi connectivity index (χ4v) is 2.52. The Morgan fingerprint density at radius 2 is 1.81 bits per heavy atom. The van der Waals surface area contributed by atoms with E-state index >= 15 is 0 Å². The zero-order valence-electron chi connectivity index (χ0n) is 14.7. The van der Waals surface area contributed by atoms with E-state index in [0.717, 1.165) is 5.56 Å². The molecule has 0 saturated carbocycles. The first kappa shape index (κ1) is 17.5. The first-order valence-corrected chi connectivity index (χ1v) is 8.12. The number of hydrogen-bond acceptors (Lipinski definition) is 5. The second-order valence-electron chi connectivity index (χ2n) is 7.02. The van der Waals surface area contributed by atoms with Crippen molar-refractivity contribution in [2.75, 3.05) is 0 Å². The van der Waals surface area contributed by atoms with Gasteiger partial charge in [-0.05, 0) is 28.7 Å². The molecule has 0 amide bonds. The maximum Gasteiger partial charge on any atom is 0.363 e. The first-order valence-electron chi connectivity index (χ1n) is 8.12. The lowest BCUT2D eigenvalue weighted by atomic mass is 9.87. The van der Waals surface area contributed by atoms with Crippen LogP contribution in [0.4, 0.5) is 5.69 Å². The van der Waals surface area contributed by atoms with Crippen molar-refractivity contribution >= 4 is 23.6 Å². The maximum atomic E-state index is 12.1. The predicted octanol–water partition coefficient (Wildman–Crippen LogP) is 4.24. The zero-order chi connectivity index (χ0) is 18.9. The fraction of sp³-hybridized carbons (Fsp3) is 0.200. The molecule has 0 fully saturated rings. The number of nitro benzene ring substituents is 1. The molecule has 0 saturated heterocycles. The van der Waals surface area contributed by atoms with Crippen molar-refractivity contribution in [3.05, 3.63) is 81.0 Å². The summed E-state index contributed by atoms with van der Waals surface area (Å²) in [6.45, 7) is 6.39. The van der Waals surface area contributed by atoms with Gasteiger partial charge >= 0.3 is 5.97 Å². The Kier molecular flexibility index (Phi) is 4.42. The zero-order valence-corrected chi connectivity index (χ0v) is 14.7. The number of carbonyl (C=O) groups excluding carboxylic acids is 1. The molecule has 1 heterocycles. The Hall–Kier alpha value is -3.28. The SMILES string of the molecule is CC(C)(C)c1ccc(/C=C2\N=C(c3cccc([N+](=O)[O-])c3)OC2=O)cc1. The second kappa shape index (κ2) is 6.55. The lowest BCUT2D eigenvalue weighted by Gasteiger charge is -2.18. The number of benzene rings is 2. The molecule has 0 bridgehead atoms. The number of hydrogen-bond donors (Lipinski definition) is 0. The van der Waals surface area contributed by atoms with Gasteiger partial charge in [-0.2, -0.15) is 0 Å². The molecular weight excluding hydrogens is 332 g/mol. The van der Waals surface area contributed by atoms with Gasteiger partial charge in [-0.1, -0.05) is 51.1 Å². The van der Waals surface area contributed by atoms with E-state index in [1.807, 2.05) is 24.3 Å². The summed E-state index contributed by atoms with van der Waals surface area (Å²) in [7, 11) is 0. The van der Waals surface area contributed by atoms with Crippen molar-refractivity contribution in [1.29, 1.82) is 0 Å². The van der Waals surface area contributed by atoms with Gasteiger partial charge in [0.25, 0.3) is 5.69 Å². The van der Waals surface area contributed by atoms with Crippen molar-refractivity contribution in [2.45, 2.75) is 26.2 Å². The summed E-state index contributed by atoms with van der Waals surface area (Å²) < 4.78 is 5.17. The third-order valence-electron chi connectivity index (χ3n) is 4.00. The molecule has 6 heteroatoms. The third-order valence-corrected chi connectivity index (χ3v) is 4.00. The summed E-state index contributed by atoms with van der Waals surface area (Å²) in [6.07, 6.45) is 1.64. The molecule has 0 spiro atoms. The molecule has 26 heavy (non-hydrogen) atoms. The van der Waals surface area contributed by atoms with E-state index in [-0.39, 0.29) is 22.7 Å². The lowest BCUT2D eigenvalue weighted by Crippen LogP contribution is -2.10. The number of ether oxygens (including phenoxy) is 1. The quantitative estimate of drug-likeness (QED) is 0.359. The number of non-ortho nitro benzene ring substituents is 1. The van der Waals surface area contributed by atoms with Gasteiger partial charge in [-0.15, -0.1) is 0 Å². The molecule has 2 aromatic carbocycles. The van der Waals surface area contributed by atoms with Gasteiger partial charge in [0.15, 0.2) is 5.70 Å². The highest BCUT2D eigenvalue weighted by molar-refractivity contribution is 6.13. The lowest BCUT2D eigenvalue weighted by molar-refractivity contribution is -0.384. The highest BCUT2D eigenvalue weighted by Crippen LogP contribution is 2.24. The Labute approximate surface area is 151 Å². The molecule has 0 unspecified atom stereocenters. The molecular formula is C20H18N2O4. The van der Waals surface area contributed by atoms with Crippen LogP contribution in [0.3, 0.4) is 0 Å². The summed E-state index contributed by atoms with van der Waals surface area (Å²) in [5.74, 6) is -0.511. The van der Waals surface area contributed by atoms with E-state index in [4.69, 9.17) is 4.74 Å². The van der Waals surface area contributed by atoms with Crippen LogP contribution in [0.5, 0.6) is 0 Å². The van der Waals surface area contributed by atoms with E-state index < -0.39 is 10.9 Å².